The minimum atomic E-state index is 0.288. The summed E-state index contributed by atoms with van der Waals surface area (Å²) >= 11 is 0. The highest BCUT2D eigenvalue weighted by Crippen LogP contribution is 2.10. The highest BCUT2D eigenvalue weighted by Gasteiger charge is 2.18. The van der Waals surface area contributed by atoms with E-state index in [1.54, 1.807) is 6.20 Å². The Bertz CT molecular complexity index is 771. The second-order valence-electron chi connectivity index (χ2n) is 6.98. The van der Waals surface area contributed by atoms with Crippen LogP contribution in [0.5, 0.6) is 0 Å². The van der Waals surface area contributed by atoms with E-state index in [0.717, 1.165) is 51.5 Å². The van der Waals surface area contributed by atoms with Gasteiger partial charge in [-0.25, -0.2) is 4.99 Å². The number of aliphatic imine (C=N–C) groups is 1. The van der Waals surface area contributed by atoms with Gasteiger partial charge in [0, 0.05) is 45.0 Å². The number of carbonyl (C=O) groups is 1. The van der Waals surface area contributed by atoms with E-state index >= 15 is 0 Å². The summed E-state index contributed by atoms with van der Waals surface area (Å²) in [5.74, 6) is 1.10. The Morgan fingerprint density at radius 2 is 2.14 bits per heavy atom. The summed E-state index contributed by atoms with van der Waals surface area (Å²) in [4.78, 5) is 18.3. The van der Waals surface area contributed by atoms with E-state index in [1.165, 1.54) is 11.1 Å². The largest absolute Gasteiger partial charge is 0.357 e. The summed E-state index contributed by atoms with van der Waals surface area (Å²) in [7, 11) is 0. The van der Waals surface area contributed by atoms with Crippen LogP contribution < -0.4 is 10.6 Å². The monoisotopic (exact) mass is 382 g/mol. The molecule has 1 fully saturated rings. The normalized spacial score (nSPS) is 14.5. The number of nitrogens with one attached hydrogen (secondary N) is 2. The van der Waals surface area contributed by atoms with Crippen molar-refractivity contribution >= 4 is 11.9 Å². The summed E-state index contributed by atoms with van der Waals surface area (Å²) in [5.41, 5.74) is 2.38. The first-order valence-corrected chi connectivity index (χ1v) is 10.1. The quantitative estimate of drug-likeness (QED) is 0.395. The maximum atomic E-state index is 11.7. The zero-order valence-electron chi connectivity index (χ0n) is 16.6. The molecule has 2 N–H and O–H groups in total. The van der Waals surface area contributed by atoms with Crippen LogP contribution in [0.2, 0.25) is 0 Å². The van der Waals surface area contributed by atoms with Gasteiger partial charge in [-0.15, -0.1) is 0 Å². The smallest absolute Gasteiger partial charge is 0.222 e. The van der Waals surface area contributed by atoms with Crippen molar-refractivity contribution in [3.05, 3.63) is 53.9 Å². The molecule has 2 aromatic rings. The first-order valence-electron chi connectivity index (χ1n) is 10.1. The van der Waals surface area contributed by atoms with E-state index in [9.17, 15) is 4.79 Å². The molecule has 0 aliphatic carbocycles. The lowest BCUT2D eigenvalue weighted by atomic mass is 10.1. The number of benzene rings is 1. The number of likely N-dealkylation sites (tertiary alicyclic amines) is 1. The molecule has 1 amide bonds. The third kappa shape index (κ3) is 6.11. The van der Waals surface area contributed by atoms with Gasteiger partial charge < -0.3 is 15.5 Å². The molecule has 28 heavy (non-hydrogen) atoms. The van der Waals surface area contributed by atoms with Gasteiger partial charge in [0.25, 0.3) is 0 Å². The Kier molecular flexibility index (Phi) is 7.46. The molecule has 150 valence electrons. The third-order valence-corrected chi connectivity index (χ3v) is 4.73. The highest BCUT2D eigenvalue weighted by molar-refractivity contribution is 5.79. The van der Waals surface area contributed by atoms with Gasteiger partial charge in [0.2, 0.25) is 5.91 Å². The van der Waals surface area contributed by atoms with Gasteiger partial charge in [0.15, 0.2) is 5.96 Å². The number of hydrogen-bond acceptors (Lipinski definition) is 3. The first-order chi connectivity index (χ1) is 13.7. The molecule has 7 heteroatoms. The van der Waals surface area contributed by atoms with Gasteiger partial charge in [0.05, 0.1) is 13.1 Å². The van der Waals surface area contributed by atoms with Crippen molar-refractivity contribution in [2.24, 2.45) is 4.99 Å². The average molecular weight is 383 g/mol. The summed E-state index contributed by atoms with van der Waals surface area (Å²) < 4.78 is 1.92. The molecule has 1 aliphatic heterocycles. The molecule has 2 heterocycles. The highest BCUT2D eigenvalue weighted by atomic mass is 16.2. The van der Waals surface area contributed by atoms with E-state index in [2.05, 4.69) is 46.9 Å². The summed E-state index contributed by atoms with van der Waals surface area (Å²) in [6, 6.07) is 10.4. The molecule has 7 nitrogen and oxygen atoms in total. The summed E-state index contributed by atoms with van der Waals surface area (Å²) in [6.45, 7) is 6.78. The second-order valence-corrected chi connectivity index (χ2v) is 6.98. The second kappa shape index (κ2) is 10.5. The molecule has 3 rings (SSSR count). The Morgan fingerprint density at radius 1 is 1.25 bits per heavy atom. The SMILES string of the molecule is CCNC(=NCc1cccc(Cn2cccn2)c1)NCCCN1CCCC1=O. The minimum absolute atomic E-state index is 0.288. The first kappa shape index (κ1) is 19.9. The fraction of sp³-hybridized carbons (Fsp3) is 0.476. The Balaban J connectivity index is 1.48. The van der Waals surface area contributed by atoms with Crippen molar-refractivity contribution in [2.45, 2.75) is 39.3 Å². The van der Waals surface area contributed by atoms with Crippen LogP contribution in [0.15, 0.2) is 47.7 Å². The summed E-state index contributed by atoms with van der Waals surface area (Å²) in [5, 5.41) is 10.9. The van der Waals surface area contributed by atoms with Gasteiger partial charge in [-0.1, -0.05) is 24.3 Å². The van der Waals surface area contributed by atoms with Crippen LogP contribution >= 0.6 is 0 Å². The van der Waals surface area contributed by atoms with E-state index in [-0.39, 0.29) is 5.91 Å². The van der Waals surface area contributed by atoms with Crippen molar-refractivity contribution in [1.29, 1.82) is 0 Å². The number of aromatic nitrogens is 2. The topological polar surface area (TPSA) is 74.6 Å². The number of carbonyl (C=O) groups excluding carboxylic acids is 1. The molecule has 0 bridgehead atoms. The van der Waals surface area contributed by atoms with Crippen LogP contribution in [0.3, 0.4) is 0 Å². The van der Waals surface area contributed by atoms with Crippen molar-refractivity contribution in [3.63, 3.8) is 0 Å². The van der Waals surface area contributed by atoms with Crippen molar-refractivity contribution in [2.75, 3.05) is 26.2 Å². The lowest BCUT2D eigenvalue weighted by Crippen LogP contribution is -2.39. The third-order valence-electron chi connectivity index (χ3n) is 4.73. The molecular weight excluding hydrogens is 352 g/mol. The molecule has 1 aromatic carbocycles. The van der Waals surface area contributed by atoms with Crippen molar-refractivity contribution in [1.82, 2.24) is 25.3 Å². The van der Waals surface area contributed by atoms with E-state index < -0.39 is 0 Å². The van der Waals surface area contributed by atoms with Crippen LogP contribution in [0.4, 0.5) is 0 Å². The maximum Gasteiger partial charge on any atom is 0.222 e. The predicted octanol–water partition coefficient (Wildman–Crippen LogP) is 2.00. The van der Waals surface area contributed by atoms with Gasteiger partial charge in [0.1, 0.15) is 0 Å². The number of amides is 1. The van der Waals surface area contributed by atoms with Crippen molar-refractivity contribution in [3.8, 4) is 0 Å². The molecule has 1 aromatic heterocycles. The predicted molar refractivity (Wildman–Crippen MR) is 111 cm³/mol. The lowest BCUT2D eigenvalue weighted by Gasteiger charge is -2.16. The molecular formula is C21H30N6O. The van der Waals surface area contributed by atoms with Gasteiger partial charge in [-0.05, 0) is 37.0 Å². The molecule has 0 atom stereocenters. The lowest BCUT2D eigenvalue weighted by molar-refractivity contribution is -0.127. The molecule has 0 saturated carbocycles. The van der Waals surface area contributed by atoms with Gasteiger partial charge in [-0.2, -0.15) is 5.10 Å². The van der Waals surface area contributed by atoms with Crippen LogP contribution in [0.1, 0.15) is 37.3 Å². The summed E-state index contributed by atoms with van der Waals surface area (Å²) in [6.07, 6.45) is 6.39. The number of rotatable bonds is 9. The zero-order chi connectivity index (χ0) is 19.6. The van der Waals surface area contributed by atoms with Crippen LogP contribution in [0.25, 0.3) is 0 Å². The van der Waals surface area contributed by atoms with Gasteiger partial charge in [-0.3, -0.25) is 9.48 Å². The number of guanidine groups is 1. The molecule has 0 spiro atoms. The Hall–Kier alpha value is -2.83. The fourth-order valence-corrected chi connectivity index (χ4v) is 3.34. The van der Waals surface area contributed by atoms with E-state index in [1.807, 2.05) is 21.8 Å². The van der Waals surface area contributed by atoms with Crippen LogP contribution in [-0.4, -0.2) is 52.7 Å². The number of hydrogen-bond donors (Lipinski definition) is 2. The van der Waals surface area contributed by atoms with E-state index in [0.29, 0.717) is 13.0 Å². The Morgan fingerprint density at radius 3 is 2.89 bits per heavy atom. The van der Waals surface area contributed by atoms with Crippen molar-refractivity contribution < 1.29 is 4.79 Å². The zero-order valence-corrected chi connectivity index (χ0v) is 16.6. The molecule has 0 unspecified atom stereocenters. The molecule has 1 saturated heterocycles. The maximum absolute atomic E-state index is 11.7. The van der Waals surface area contributed by atoms with E-state index in [4.69, 9.17) is 4.99 Å². The molecule has 1 aliphatic rings. The van der Waals surface area contributed by atoms with Gasteiger partial charge >= 0.3 is 0 Å². The van der Waals surface area contributed by atoms with Crippen LogP contribution in [-0.2, 0) is 17.9 Å². The molecule has 0 radical (unpaired) electrons. The Labute approximate surface area is 166 Å². The van der Waals surface area contributed by atoms with Crippen LogP contribution in [0, 0.1) is 0 Å². The average Bonchev–Trinajstić information content (AvgIpc) is 3.35. The minimum Gasteiger partial charge on any atom is -0.357 e. The fourth-order valence-electron chi connectivity index (χ4n) is 3.34. The standard InChI is InChI=1S/C21H30N6O/c1-2-22-21(23-10-5-13-26-12-4-9-20(26)28)24-16-18-7-3-8-19(15-18)17-27-14-6-11-25-27/h3,6-8,11,14-15H,2,4-5,9-10,12-13,16-17H2,1H3,(H2,22,23,24). The number of nitrogens with zero attached hydrogens (tertiary/aromatic N) is 4.